The molecule has 1 unspecified atom stereocenters. The van der Waals surface area contributed by atoms with Crippen LogP contribution in [-0.2, 0) is 9.59 Å². The van der Waals surface area contributed by atoms with Crippen LogP contribution in [-0.4, -0.2) is 40.5 Å². The van der Waals surface area contributed by atoms with Crippen molar-refractivity contribution in [2.24, 2.45) is 0 Å². The number of halogens is 1. The van der Waals surface area contributed by atoms with E-state index in [9.17, 15) is 14.0 Å². The Morgan fingerprint density at radius 2 is 1.95 bits per heavy atom. The molecule has 110 valence electrons. The van der Waals surface area contributed by atoms with Crippen LogP contribution >= 0.6 is 11.8 Å². The Morgan fingerprint density at radius 1 is 1.30 bits per heavy atom. The molecule has 0 radical (unpaired) electrons. The second-order valence-corrected chi connectivity index (χ2v) is 5.19. The molecule has 0 fully saturated rings. The average molecular weight is 301 g/mol. The number of hydrogen-bond donors (Lipinski definition) is 3. The molecule has 0 bridgehead atoms. The van der Waals surface area contributed by atoms with Gasteiger partial charge in [-0.15, -0.1) is 11.8 Å². The van der Waals surface area contributed by atoms with Crippen LogP contribution in [0.2, 0.25) is 0 Å². The molecule has 1 aromatic carbocycles. The Hall–Kier alpha value is -1.60. The first-order valence-corrected chi connectivity index (χ1v) is 7.03. The van der Waals surface area contributed by atoms with Crippen LogP contribution in [0.15, 0.2) is 29.2 Å². The molecule has 0 heterocycles. The van der Waals surface area contributed by atoms with Gasteiger partial charge in [-0.2, -0.15) is 0 Å². The number of thioether (sulfide) groups is 1. The molecule has 0 aliphatic rings. The van der Waals surface area contributed by atoms with Crippen molar-refractivity contribution in [3.8, 4) is 0 Å². The molecule has 1 amide bonds. The van der Waals surface area contributed by atoms with Crippen LogP contribution in [0.3, 0.4) is 0 Å². The molecular formula is C13H16FNO4S. The van der Waals surface area contributed by atoms with Gasteiger partial charge in [-0.1, -0.05) is 0 Å². The number of nitrogens with one attached hydrogen (secondary N) is 1. The third kappa shape index (κ3) is 6.03. The first-order valence-electron chi connectivity index (χ1n) is 6.04. The molecule has 1 atom stereocenters. The van der Waals surface area contributed by atoms with Gasteiger partial charge in [-0.25, -0.2) is 9.18 Å². The van der Waals surface area contributed by atoms with E-state index in [1.54, 1.807) is 12.1 Å². The highest BCUT2D eigenvalue weighted by atomic mass is 32.2. The minimum absolute atomic E-state index is 0.0216. The minimum Gasteiger partial charge on any atom is -0.480 e. The smallest absolute Gasteiger partial charge is 0.326 e. The van der Waals surface area contributed by atoms with Crippen LogP contribution in [0, 0.1) is 5.82 Å². The van der Waals surface area contributed by atoms with Gasteiger partial charge in [0.15, 0.2) is 0 Å². The number of carbonyl (C=O) groups is 2. The molecule has 0 spiro atoms. The van der Waals surface area contributed by atoms with E-state index in [1.165, 1.54) is 23.9 Å². The average Bonchev–Trinajstić information content (AvgIpc) is 2.40. The van der Waals surface area contributed by atoms with Crippen molar-refractivity contribution in [3.63, 3.8) is 0 Å². The quantitative estimate of drug-likeness (QED) is 0.629. The molecule has 5 nitrogen and oxygen atoms in total. The van der Waals surface area contributed by atoms with Crippen LogP contribution in [0.5, 0.6) is 0 Å². The minimum atomic E-state index is -1.17. The summed E-state index contributed by atoms with van der Waals surface area (Å²) in [5.41, 5.74) is 0. The molecular weight excluding hydrogens is 285 g/mol. The predicted molar refractivity (Wildman–Crippen MR) is 73.0 cm³/mol. The molecule has 1 aromatic rings. The molecule has 1 rings (SSSR count). The van der Waals surface area contributed by atoms with Crippen LogP contribution in [0.4, 0.5) is 4.39 Å². The Kier molecular flexibility index (Phi) is 7.03. The number of benzene rings is 1. The largest absolute Gasteiger partial charge is 0.480 e. The highest BCUT2D eigenvalue weighted by molar-refractivity contribution is 7.99. The van der Waals surface area contributed by atoms with Gasteiger partial charge in [0.25, 0.3) is 0 Å². The molecule has 7 heteroatoms. The van der Waals surface area contributed by atoms with Crippen molar-refractivity contribution in [1.29, 1.82) is 0 Å². The maximum Gasteiger partial charge on any atom is 0.326 e. The topological polar surface area (TPSA) is 86.6 Å². The number of hydrogen-bond acceptors (Lipinski definition) is 4. The lowest BCUT2D eigenvalue weighted by Crippen LogP contribution is -2.41. The van der Waals surface area contributed by atoms with E-state index >= 15 is 0 Å². The Labute approximate surface area is 120 Å². The summed E-state index contributed by atoms with van der Waals surface area (Å²) in [7, 11) is 0. The zero-order valence-corrected chi connectivity index (χ0v) is 11.5. The van der Waals surface area contributed by atoms with Crippen molar-refractivity contribution >= 4 is 23.6 Å². The summed E-state index contributed by atoms with van der Waals surface area (Å²) >= 11 is 1.38. The second-order valence-electron chi connectivity index (χ2n) is 4.02. The maximum atomic E-state index is 12.7. The number of carbonyl (C=O) groups excluding carboxylic acids is 1. The SMILES string of the molecule is O=C(CCSc1ccc(F)cc1)NC(CCO)C(=O)O. The summed E-state index contributed by atoms with van der Waals surface area (Å²) in [6, 6.07) is 4.84. The molecule has 0 aliphatic heterocycles. The first kappa shape index (κ1) is 16.5. The summed E-state index contributed by atoms with van der Waals surface area (Å²) in [4.78, 5) is 23.2. The van der Waals surface area contributed by atoms with Crippen LogP contribution in [0.25, 0.3) is 0 Å². The fourth-order valence-corrected chi connectivity index (χ4v) is 2.30. The summed E-state index contributed by atoms with van der Waals surface area (Å²) in [6.07, 6.45) is 0.128. The number of carboxylic acid groups (broad SMARTS) is 1. The lowest BCUT2D eigenvalue weighted by atomic mass is 10.2. The number of aliphatic carboxylic acids is 1. The predicted octanol–water partition coefficient (Wildman–Crippen LogP) is 1.26. The normalized spacial score (nSPS) is 11.9. The van der Waals surface area contributed by atoms with Crippen LogP contribution < -0.4 is 5.32 Å². The first-order chi connectivity index (χ1) is 9.52. The van der Waals surface area contributed by atoms with E-state index in [1.807, 2.05) is 0 Å². The maximum absolute atomic E-state index is 12.7. The highest BCUT2D eigenvalue weighted by Crippen LogP contribution is 2.18. The van der Waals surface area contributed by atoms with Crippen LogP contribution in [0.1, 0.15) is 12.8 Å². The van der Waals surface area contributed by atoms with Gasteiger partial charge in [0.05, 0.1) is 0 Å². The third-order valence-electron chi connectivity index (χ3n) is 2.46. The number of amides is 1. The van der Waals surface area contributed by atoms with E-state index in [0.29, 0.717) is 5.75 Å². The fourth-order valence-electron chi connectivity index (χ4n) is 1.45. The molecule has 0 saturated carbocycles. The summed E-state index contributed by atoms with van der Waals surface area (Å²) in [6.45, 7) is -0.304. The standard InChI is InChI=1S/C13H16FNO4S/c14-9-1-3-10(4-2-9)20-8-6-12(17)15-11(5-7-16)13(18)19/h1-4,11,16H,5-8H2,(H,15,17)(H,18,19). The van der Waals surface area contributed by atoms with E-state index < -0.39 is 12.0 Å². The summed E-state index contributed by atoms with van der Waals surface area (Å²) in [5.74, 6) is -1.41. The number of rotatable bonds is 8. The number of carboxylic acids is 1. The molecule has 20 heavy (non-hydrogen) atoms. The van der Waals surface area contributed by atoms with Crippen molar-refractivity contribution in [2.75, 3.05) is 12.4 Å². The van der Waals surface area contributed by atoms with Gasteiger partial charge < -0.3 is 15.5 Å². The molecule has 0 aromatic heterocycles. The zero-order valence-electron chi connectivity index (χ0n) is 10.7. The van der Waals surface area contributed by atoms with Crippen molar-refractivity contribution in [2.45, 2.75) is 23.8 Å². The lowest BCUT2D eigenvalue weighted by molar-refractivity contribution is -0.142. The summed E-state index contributed by atoms with van der Waals surface area (Å²) in [5, 5.41) is 19.9. The zero-order chi connectivity index (χ0) is 15.0. The Morgan fingerprint density at radius 3 is 2.50 bits per heavy atom. The van der Waals surface area contributed by atoms with Crippen molar-refractivity contribution < 1.29 is 24.2 Å². The van der Waals surface area contributed by atoms with Gasteiger partial charge in [0.2, 0.25) is 5.91 Å². The van der Waals surface area contributed by atoms with Gasteiger partial charge >= 0.3 is 5.97 Å². The number of aliphatic hydroxyl groups is 1. The third-order valence-corrected chi connectivity index (χ3v) is 3.48. The van der Waals surface area contributed by atoms with Gasteiger partial charge in [0, 0.05) is 30.1 Å². The second kappa shape index (κ2) is 8.55. The number of aliphatic hydroxyl groups excluding tert-OH is 1. The van der Waals surface area contributed by atoms with E-state index in [2.05, 4.69) is 5.32 Å². The van der Waals surface area contributed by atoms with Gasteiger partial charge in [-0.3, -0.25) is 4.79 Å². The Bertz CT molecular complexity index is 452. The Balaban J connectivity index is 2.32. The van der Waals surface area contributed by atoms with Gasteiger partial charge in [0.1, 0.15) is 11.9 Å². The van der Waals surface area contributed by atoms with Crippen molar-refractivity contribution in [3.05, 3.63) is 30.1 Å². The molecule has 0 saturated heterocycles. The monoisotopic (exact) mass is 301 g/mol. The van der Waals surface area contributed by atoms with Crippen molar-refractivity contribution in [1.82, 2.24) is 5.32 Å². The van der Waals surface area contributed by atoms with E-state index in [-0.39, 0.29) is 31.2 Å². The summed E-state index contributed by atoms with van der Waals surface area (Å²) < 4.78 is 12.7. The van der Waals surface area contributed by atoms with Gasteiger partial charge in [-0.05, 0) is 24.3 Å². The fraction of sp³-hybridized carbons (Fsp3) is 0.385. The molecule has 3 N–H and O–H groups in total. The van der Waals surface area contributed by atoms with E-state index in [0.717, 1.165) is 4.90 Å². The lowest BCUT2D eigenvalue weighted by Gasteiger charge is -2.12. The van der Waals surface area contributed by atoms with E-state index in [4.69, 9.17) is 10.2 Å². The molecule has 0 aliphatic carbocycles. The highest BCUT2D eigenvalue weighted by Gasteiger charge is 2.18.